The summed E-state index contributed by atoms with van der Waals surface area (Å²) in [6, 6.07) is 45.0. The zero-order chi connectivity index (χ0) is 25.7. The Morgan fingerprint density at radius 3 is 0.921 bits per heavy atom. The molecule has 0 spiro atoms. The van der Waals surface area contributed by atoms with E-state index in [1.165, 1.54) is 54.1 Å². The highest BCUT2D eigenvalue weighted by Gasteiger charge is 2.40. The number of hydrogen-bond acceptors (Lipinski definition) is 0. The van der Waals surface area contributed by atoms with Gasteiger partial charge in [-0.05, 0) is 54.1 Å². The van der Waals surface area contributed by atoms with Crippen molar-refractivity contribution in [3.05, 3.63) is 144 Å². The topological polar surface area (TPSA) is 0 Å². The first kappa shape index (κ1) is 23.2. The quantitative estimate of drug-likeness (QED) is 0.237. The van der Waals surface area contributed by atoms with Crippen molar-refractivity contribution < 1.29 is 0 Å². The van der Waals surface area contributed by atoms with Crippen molar-refractivity contribution >= 4 is 49.0 Å². The van der Waals surface area contributed by atoms with Crippen molar-refractivity contribution in [2.45, 2.75) is 13.1 Å². The molecule has 0 saturated heterocycles. The van der Waals surface area contributed by atoms with E-state index in [1.54, 1.807) is 0 Å². The van der Waals surface area contributed by atoms with Crippen molar-refractivity contribution in [1.29, 1.82) is 0 Å². The molecule has 0 aliphatic carbocycles. The minimum absolute atomic E-state index is 1.26. The zero-order valence-corrected chi connectivity index (χ0v) is 23.9. The van der Waals surface area contributed by atoms with E-state index >= 15 is 0 Å². The van der Waals surface area contributed by atoms with Gasteiger partial charge in [-0.2, -0.15) is 0 Å². The van der Waals surface area contributed by atoms with E-state index in [2.05, 4.69) is 158 Å². The molecule has 2 aliphatic heterocycles. The Bertz CT molecular complexity index is 1520. The molecule has 0 amide bonds. The van der Waals surface area contributed by atoms with Gasteiger partial charge in [0.15, 0.2) is 0 Å². The highest BCUT2D eigenvalue weighted by Crippen LogP contribution is 2.30. The van der Waals surface area contributed by atoms with E-state index in [-0.39, 0.29) is 0 Å². The largest absolute Gasteiger partial charge is 0.139 e. The Kier molecular flexibility index (Phi) is 5.36. The van der Waals surface area contributed by atoms with Gasteiger partial charge < -0.3 is 0 Å². The number of hydrogen-bond donors (Lipinski definition) is 0. The maximum Gasteiger partial charge on any atom is 0.139 e. The average molecular weight is 519 g/mol. The van der Waals surface area contributed by atoms with Crippen molar-refractivity contribution in [1.82, 2.24) is 0 Å². The molecule has 2 heteroatoms. The highest BCUT2D eigenvalue weighted by molar-refractivity contribution is 7.09. The third kappa shape index (κ3) is 3.48. The molecule has 5 aromatic rings. The molecule has 0 bridgehead atoms. The van der Waals surface area contributed by atoms with Crippen LogP contribution in [0.3, 0.4) is 0 Å². The van der Waals surface area contributed by atoms with Gasteiger partial charge in [0, 0.05) is 0 Å². The van der Waals surface area contributed by atoms with Crippen LogP contribution in [0.4, 0.5) is 0 Å². The second kappa shape index (κ2) is 8.80. The van der Waals surface area contributed by atoms with E-state index in [9.17, 15) is 0 Å². The zero-order valence-electron chi connectivity index (χ0n) is 21.9. The summed E-state index contributed by atoms with van der Waals surface area (Å²) < 4.78 is 0. The monoisotopic (exact) mass is 518 g/mol. The van der Waals surface area contributed by atoms with Crippen LogP contribution in [0.1, 0.15) is 11.1 Å². The van der Waals surface area contributed by atoms with Crippen molar-refractivity contribution in [3.8, 4) is 22.3 Å². The van der Waals surface area contributed by atoms with E-state index < -0.39 is 16.1 Å². The molecule has 0 atom stereocenters. The Hall–Kier alpha value is -3.99. The van der Waals surface area contributed by atoms with Crippen LogP contribution < -0.4 is 20.7 Å². The number of rotatable bonds is 4. The summed E-state index contributed by atoms with van der Waals surface area (Å²) in [5, 5.41) is 6.08. The van der Waals surface area contributed by atoms with Gasteiger partial charge in [0.25, 0.3) is 0 Å². The second-order valence-corrected chi connectivity index (χ2v) is 18.6. The van der Waals surface area contributed by atoms with Crippen LogP contribution in [0.15, 0.2) is 133 Å². The van der Waals surface area contributed by atoms with Crippen LogP contribution in [0.5, 0.6) is 0 Å². The molecule has 0 aromatic heterocycles. The summed E-state index contributed by atoms with van der Waals surface area (Å²) in [6.45, 7) is 4.96. The first-order chi connectivity index (χ1) is 18.6. The van der Waals surface area contributed by atoms with Gasteiger partial charge in [-0.15, -0.1) is 0 Å². The van der Waals surface area contributed by atoms with Crippen molar-refractivity contribution in [2.24, 2.45) is 0 Å². The molecule has 7 rings (SSSR count). The van der Waals surface area contributed by atoms with Crippen molar-refractivity contribution in [3.63, 3.8) is 0 Å². The van der Waals surface area contributed by atoms with Gasteiger partial charge in [0.2, 0.25) is 0 Å². The van der Waals surface area contributed by atoms with E-state index in [0.717, 1.165) is 0 Å². The van der Waals surface area contributed by atoms with E-state index in [1.807, 2.05) is 0 Å². The molecule has 0 saturated carbocycles. The smallest absolute Gasteiger partial charge is 0.0854 e. The van der Waals surface area contributed by atoms with Gasteiger partial charge in [-0.3, -0.25) is 0 Å². The first-order valence-electron chi connectivity index (χ1n) is 13.5. The SMILES string of the molecule is C[Si]1(/C=C/c2ccc(/C=C/[Si]3(C)c4ccccc4-c4ccccc43)cc2)c2ccccc2-c2ccccc21. The Labute approximate surface area is 227 Å². The first-order valence-corrected chi connectivity index (χ1v) is 18.6. The van der Waals surface area contributed by atoms with Crippen LogP contribution in [0.25, 0.3) is 34.4 Å². The predicted molar refractivity (Wildman–Crippen MR) is 170 cm³/mol. The minimum Gasteiger partial charge on any atom is -0.0854 e. The molecule has 0 unspecified atom stereocenters. The minimum atomic E-state index is -1.92. The van der Waals surface area contributed by atoms with Crippen LogP contribution in [0, 0.1) is 0 Å². The van der Waals surface area contributed by atoms with Gasteiger partial charge in [-0.25, -0.2) is 0 Å². The third-order valence-electron chi connectivity index (χ3n) is 8.68. The summed E-state index contributed by atoms with van der Waals surface area (Å²) in [6.07, 6.45) is 4.69. The highest BCUT2D eigenvalue weighted by atomic mass is 28.3. The molecule has 182 valence electrons. The Morgan fingerprint density at radius 2 is 0.632 bits per heavy atom. The lowest BCUT2D eigenvalue weighted by atomic mass is 10.1. The fourth-order valence-electron chi connectivity index (χ4n) is 6.58. The van der Waals surface area contributed by atoms with Gasteiger partial charge in [0.1, 0.15) is 16.1 Å². The number of fused-ring (bicyclic) bond motifs is 6. The average Bonchev–Trinajstić information content (AvgIpc) is 3.39. The molecule has 0 fully saturated rings. The Morgan fingerprint density at radius 1 is 0.368 bits per heavy atom. The van der Waals surface area contributed by atoms with Gasteiger partial charge in [-0.1, -0.05) is 158 Å². The maximum atomic E-state index is 2.52. The normalized spacial score (nSPS) is 15.8. The maximum absolute atomic E-state index is 2.52. The van der Waals surface area contributed by atoms with E-state index in [0.29, 0.717) is 0 Å². The van der Waals surface area contributed by atoms with Crippen LogP contribution in [-0.2, 0) is 0 Å². The fraction of sp³-hybridized carbons (Fsp3) is 0.0556. The standard InChI is InChI=1S/C36H30Si2/c1-37(33-15-7-3-11-29(33)30-12-4-8-16-34(30)37)25-23-27-19-21-28(22-20-27)24-26-38(2)35-17-9-5-13-31(35)32-14-6-10-18-36(32)38/h3-26H,1-2H3/b25-23+,26-24+. The molecule has 0 N–H and O–H groups in total. The van der Waals surface area contributed by atoms with Crippen molar-refractivity contribution in [2.75, 3.05) is 0 Å². The second-order valence-electron chi connectivity index (χ2n) is 10.9. The van der Waals surface area contributed by atoms with Crippen LogP contribution in [0.2, 0.25) is 13.1 Å². The lowest BCUT2D eigenvalue weighted by Gasteiger charge is -2.21. The molecule has 5 aromatic carbocycles. The van der Waals surface area contributed by atoms with Crippen LogP contribution in [-0.4, -0.2) is 16.1 Å². The lowest BCUT2D eigenvalue weighted by Crippen LogP contribution is -2.50. The van der Waals surface area contributed by atoms with Gasteiger partial charge in [0.05, 0.1) is 0 Å². The Balaban J connectivity index is 1.18. The molecule has 0 radical (unpaired) electrons. The predicted octanol–water partition coefficient (Wildman–Crippen LogP) is 6.54. The molecule has 2 heterocycles. The summed E-state index contributed by atoms with van der Waals surface area (Å²) >= 11 is 0. The molecule has 0 nitrogen and oxygen atoms in total. The summed E-state index contributed by atoms with van der Waals surface area (Å²) in [4.78, 5) is 0. The van der Waals surface area contributed by atoms with Crippen LogP contribution >= 0.6 is 0 Å². The summed E-state index contributed by atoms with van der Waals surface area (Å²) in [5.74, 6) is 0. The summed E-state index contributed by atoms with van der Waals surface area (Å²) in [5.41, 5.74) is 13.2. The lowest BCUT2D eigenvalue weighted by molar-refractivity contribution is 1.62. The number of benzene rings is 5. The summed E-state index contributed by atoms with van der Waals surface area (Å²) in [7, 11) is -3.85. The molecular formula is C36H30Si2. The molecule has 2 aliphatic rings. The van der Waals surface area contributed by atoms with E-state index in [4.69, 9.17) is 0 Å². The fourth-order valence-corrected chi connectivity index (χ4v) is 13.8. The van der Waals surface area contributed by atoms with Gasteiger partial charge >= 0.3 is 0 Å². The molecule has 38 heavy (non-hydrogen) atoms. The third-order valence-corrected chi connectivity index (χ3v) is 16.6. The molecular weight excluding hydrogens is 489 g/mol.